The van der Waals surface area contributed by atoms with Gasteiger partial charge >= 0.3 is 0 Å². The molecule has 0 aromatic carbocycles. The van der Waals surface area contributed by atoms with Crippen LogP contribution in [0.2, 0.25) is 0 Å². The first-order chi connectivity index (χ1) is 5.00. The molecule has 2 saturated heterocycles. The van der Waals surface area contributed by atoms with Crippen molar-refractivity contribution in [3.05, 3.63) is 0 Å². The summed E-state index contributed by atoms with van der Waals surface area (Å²) in [5.41, 5.74) is 0. The minimum Gasteiger partial charge on any atom is -0.122 e. The molecule has 0 N–H and O–H groups in total. The van der Waals surface area contributed by atoms with Crippen LogP contribution in [0.3, 0.4) is 0 Å². The smallest absolute Gasteiger partial charge is 0 e. The van der Waals surface area contributed by atoms with Gasteiger partial charge in [-0.05, 0) is 50.3 Å². The molecule has 0 aromatic rings. The molecule has 2 aliphatic rings. The van der Waals surface area contributed by atoms with Crippen LogP contribution < -0.4 is 0 Å². The van der Waals surface area contributed by atoms with Gasteiger partial charge in [0.1, 0.15) is 0 Å². The summed E-state index contributed by atoms with van der Waals surface area (Å²) in [7, 11) is 2.62. The molecule has 1 radical (unpaired) electrons. The van der Waals surface area contributed by atoms with Crippen molar-refractivity contribution in [2.45, 2.75) is 25.7 Å². The second-order valence-corrected chi connectivity index (χ2v) is 5.91. The van der Waals surface area contributed by atoms with E-state index in [1.807, 2.05) is 0 Å². The zero-order chi connectivity index (χ0) is 7.07. The number of rotatable bonds is 0. The maximum absolute atomic E-state index is 1.53. The molecule has 0 bridgehead atoms. The normalized spacial score (nSPS) is 21.8. The van der Waals surface area contributed by atoms with Crippen molar-refractivity contribution < 1.29 is 19.5 Å². The van der Waals surface area contributed by atoms with Crippen LogP contribution in [0.4, 0.5) is 0 Å². The Balaban J connectivity index is 0.000000167. The van der Waals surface area contributed by atoms with Gasteiger partial charge < -0.3 is 0 Å². The van der Waals surface area contributed by atoms with Gasteiger partial charge in [0.2, 0.25) is 0 Å². The van der Waals surface area contributed by atoms with Gasteiger partial charge in [0.25, 0.3) is 0 Å². The molecular formula is C8H18P2Rh. The SMILES string of the molecule is C1CCPC1.C1CCPC1.[Rh]. The van der Waals surface area contributed by atoms with Gasteiger partial charge in [-0.3, -0.25) is 0 Å². The van der Waals surface area contributed by atoms with Crippen LogP contribution in [0.5, 0.6) is 0 Å². The summed E-state index contributed by atoms with van der Waals surface area (Å²) in [5.74, 6) is 0. The Bertz CT molecular complexity index is 45.3. The Labute approximate surface area is 87.0 Å². The summed E-state index contributed by atoms with van der Waals surface area (Å²) in [5, 5.41) is 0. The molecule has 0 saturated carbocycles. The van der Waals surface area contributed by atoms with E-state index < -0.39 is 0 Å². The fourth-order valence-corrected chi connectivity index (χ4v) is 3.75. The van der Waals surface area contributed by atoms with E-state index in [2.05, 4.69) is 0 Å². The molecule has 0 aliphatic carbocycles. The van der Waals surface area contributed by atoms with E-state index in [0.717, 1.165) is 0 Å². The third kappa shape index (κ3) is 7.83. The Morgan fingerprint density at radius 3 is 0.909 bits per heavy atom. The van der Waals surface area contributed by atoms with Crippen LogP contribution in [0, 0.1) is 0 Å². The second kappa shape index (κ2) is 9.57. The first-order valence-electron chi connectivity index (χ1n) is 4.41. The Kier molecular flexibility index (Phi) is 10.9. The fourth-order valence-electron chi connectivity index (χ4n) is 1.25. The van der Waals surface area contributed by atoms with Crippen LogP contribution in [0.25, 0.3) is 0 Å². The van der Waals surface area contributed by atoms with Gasteiger partial charge in [0.05, 0.1) is 0 Å². The molecular weight excluding hydrogens is 261 g/mol. The van der Waals surface area contributed by atoms with Crippen LogP contribution in [0.1, 0.15) is 25.7 Å². The Morgan fingerprint density at radius 1 is 0.545 bits per heavy atom. The number of hydrogen-bond donors (Lipinski definition) is 0. The molecule has 0 spiro atoms. The molecule has 2 heterocycles. The van der Waals surface area contributed by atoms with E-state index in [-0.39, 0.29) is 19.5 Å². The van der Waals surface area contributed by atoms with Crippen LogP contribution in [-0.4, -0.2) is 24.6 Å². The molecule has 0 aromatic heterocycles. The zero-order valence-electron chi connectivity index (χ0n) is 6.99. The van der Waals surface area contributed by atoms with E-state index in [1.54, 1.807) is 0 Å². The largest absolute Gasteiger partial charge is 0.122 e. The molecule has 2 rings (SSSR count). The predicted octanol–water partition coefficient (Wildman–Crippen LogP) is 2.91. The molecule has 69 valence electrons. The molecule has 0 unspecified atom stereocenters. The fraction of sp³-hybridized carbons (Fsp3) is 1.00. The molecule has 3 heteroatoms. The quantitative estimate of drug-likeness (QED) is 0.472. The molecule has 2 fully saturated rings. The van der Waals surface area contributed by atoms with Gasteiger partial charge in [-0.25, -0.2) is 0 Å². The zero-order valence-corrected chi connectivity index (χ0v) is 10.6. The van der Waals surface area contributed by atoms with Gasteiger partial charge in [0, 0.05) is 19.5 Å². The minimum atomic E-state index is 0. The molecule has 0 atom stereocenters. The van der Waals surface area contributed by atoms with Crippen molar-refractivity contribution in [1.29, 1.82) is 0 Å². The Hall–Kier alpha value is 1.48. The maximum Gasteiger partial charge on any atom is 0 e. The third-order valence-electron chi connectivity index (χ3n) is 1.91. The van der Waals surface area contributed by atoms with Crippen molar-refractivity contribution in [3.8, 4) is 0 Å². The van der Waals surface area contributed by atoms with Gasteiger partial charge in [-0.1, -0.05) is 0 Å². The second-order valence-electron chi connectivity index (χ2n) is 2.91. The Morgan fingerprint density at radius 2 is 0.818 bits per heavy atom. The summed E-state index contributed by atoms with van der Waals surface area (Å²) in [6.07, 6.45) is 12.2. The van der Waals surface area contributed by atoms with E-state index in [1.165, 1.54) is 67.5 Å². The van der Waals surface area contributed by atoms with Crippen molar-refractivity contribution in [3.63, 3.8) is 0 Å². The number of hydrogen-bond acceptors (Lipinski definition) is 0. The first-order valence-corrected chi connectivity index (χ1v) is 7.24. The van der Waals surface area contributed by atoms with E-state index in [0.29, 0.717) is 0 Å². The summed E-state index contributed by atoms with van der Waals surface area (Å²) in [6, 6.07) is 0. The molecule has 0 amide bonds. The van der Waals surface area contributed by atoms with Crippen molar-refractivity contribution >= 4 is 17.2 Å². The van der Waals surface area contributed by atoms with Gasteiger partial charge in [-0.15, -0.1) is 17.2 Å². The summed E-state index contributed by atoms with van der Waals surface area (Å²) in [4.78, 5) is 0. The van der Waals surface area contributed by atoms with E-state index in [4.69, 9.17) is 0 Å². The summed E-state index contributed by atoms with van der Waals surface area (Å²) >= 11 is 0. The van der Waals surface area contributed by atoms with Crippen LogP contribution >= 0.6 is 17.2 Å². The van der Waals surface area contributed by atoms with Crippen molar-refractivity contribution in [1.82, 2.24) is 0 Å². The molecule has 11 heavy (non-hydrogen) atoms. The van der Waals surface area contributed by atoms with E-state index >= 15 is 0 Å². The average molecular weight is 279 g/mol. The molecule has 0 nitrogen and oxygen atoms in total. The first kappa shape index (κ1) is 12.5. The summed E-state index contributed by atoms with van der Waals surface area (Å²) < 4.78 is 0. The summed E-state index contributed by atoms with van der Waals surface area (Å²) in [6.45, 7) is 0. The minimum absolute atomic E-state index is 0. The molecule has 2 aliphatic heterocycles. The standard InChI is InChI=1S/2C4H9P.Rh/c2*1-2-4-5-3-1;/h2*5H,1-4H2;. The van der Waals surface area contributed by atoms with Gasteiger partial charge in [-0.2, -0.15) is 0 Å². The van der Waals surface area contributed by atoms with Crippen molar-refractivity contribution in [2.75, 3.05) is 24.6 Å². The maximum atomic E-state index is 1.53. The predicted molar refractivity (Wildman–Crippen MR) is 54.6 cm³/mol. The monoisotopic (exact) mass is 279 g/mol. The van der Waals surface area contributed by atoms with E-state index in [9.17, 15) is 0 Å². The van der Waals surface area contributed by atoms with Crippen LogP contribution in [0.15, 0.2) is 0 Å². The average Bonchev–Trinajstić information content (AvgIpc) is 2.67. The van der Waals surface area contributed by atoms with Crippen LogP contribution in [-0.2, 0) is 19.5 Å². The topological polar surface area (TPSA) is 0 Å². The van der Waals surface area contributed by atoms with Gasteiger partial charge in [0.15, 0.2) is 0 Å². The van der Waals surface area contributed by atoms with Crippen molar-refractivity contribution in [2.24, 2.45) is 0 Å². The third-order valence-corrected chi connectivity index (χ3v) is 4.74.